The maximum atomic E-state index is 13.0. The van der Waals surface area contributed by atoms with Crippen LogP contribution in [0.25, 0.3) is 17.0 Å². The van der Waals surface area contributed by atoms with Crippen LogP contribution in [0.3, 0.4) is 0 Å². The molecule has 0 saturated carbocycles. The number of hydrogen-bond acceptors (Lipinski definition) is 3. The first kappa shape index (κ1) is 16.5. The van der Waals surface area contributed by atoms with E-state index >= 15 is 0 Å². The maximum absolute atomic E-state index is 13.0. The van der Waals surface area contributed by atoms with Crippen molar-refractivity contribution in [2.24, 2.45) is 0 Å². The Morgan fingerprint density at radius 1 is 1.00 bits per heavy atom. The third kappa shape index (κ3) is 2.68. The minimum Gasteiger partial charge on any atom is -0.493 e. The number of aromatic amines is 1. The van der Waals surface area contributed by atoms with Gasteiger partial charge in [-0.2, -0.15) is 0 Å². The number of H-pyrrole nitrogens is 1. The third-order valence-corrected chi connectivity index (χ3v) is 4.97. The quantitative estimate of drug-likeness (QED) is 0.698. The van der Waals surface area contributed by atoms with Crippen molar-refractivity contribution in [2.45, 2.75) is 19.8 Å². The summed E-state index contributed by atoms with van der Waals surface area (Å²) >= 11 is 0. The first-order chi connectivity index (χ1) is 12.6. The molecule has 4 rings (SSSR count). The van der Waals surface area contributed by atoms with Gasteiger partial charge in [0.25, 0.3) is 0 Å². The highest BCUT2D eigenvalue weighted by molar-refractivity contribution is 6.15. The fourth-order valence-corrected chi connectivity index (χ4v) is 3.63. The number of ether oxygens (including phenoxy) is 2. The molecule has 0 spiro atoms. The number of Topliss-reactive ketones (excluding diaryl/α,β-unsaturated/α-hetero) is 1. The Labute approximate surface area is 152 Å². The van der Waals surface area contributed by atoms with Crippen molar-refractivity contribution in [1.82, 2.24) is 4.98 Å². The minimum absolute atomic E-state index is 0.0786. The fraction of sp³-hybridized carbons (Fsp3) is 0.227. The predicted molar refractivity (Wildman–Crippen MR) is 103 cm³/mol. The van der Waals surface area contributed by atoms with Gasteiger partial charge in [-0.15, -0.1) is 0 Å². The predicted octanol–water partition coefficient (Wildman–Crippen LogP) is 4.71. The monoisotopic (exact) mass is 347 g/mol. The zero-order valence-electron chi connectivity index (χ0n) is 15.2. The lowest BCUT2D eigenvalue weighted by molar-refractivity contribution is 0.102. The second-order valence-corrected chi connectivity index (χ2v) is 6.64. The number of benzene rings is 2. The average Bonchev–Trinajstić information content (AvgIpc) is 3.02. The Morgan fingerprint density at radius 3 is 2.58 bits per heavy atom. The molecule has 0 unspecified atom stereocenters. The summed E-state index contributed by atoms with van der Waals surface area (Å²) < 4.78 is 10.6. The van der Waals surface area contributed by atoms with Gasteiger partial charge in [-0.05, 0) is 61.2 Å². The Bertz CT molecular complexity index is 1040. The number of aryl methyl sites for hydroxylation is 2. The number of fused-ring (bicyclic) bond motifs is 3. The lowest BCUT2D eigenvalue weighted by Crippen LogP contribution is -2.13. The van der Waals surface area contributed by atoms with Gasteiger partial charge in [0, 0.05) is 16.5 Å². The number of ketones is 1. The van der Waals surface area contributed by atoms with Gasteiger partial charge in [-0.25, -0.2) is 0 Å². The highest BCUT2D eigenvalue weighted by atomic mass is 16.5. The first-order valence-corrected chi connectivity index (χ1v) is 8.69. The number of nitrogens with one attached hydrogen (secondary N) is 1. The summed E-state index contributed by atoms with van der Waals surface area (Å²) in [5.41, 5.74) is 5.84. The highest BCUT2D eigenvalue weighted by Gasteiger charge is 2.25. The van der Waals surface area contributed by atoms with E-state index in [-0.39, 0.29) is 5.78 Å². The molecule has 0 atom stereocenters. The topological polar surface area (TPSA) is 51.3 Å². The number of hydrogen-bond donors (Lipinski definition) is 1. The van der Waals surface area contributed by atoms with Gasteiger partial charge in [0.2, 0.25) is 5.78 Å². The average molecular weight is 347 g/mol. The number of rotatable bonds is 3. The molecular formula is C22H21NO3. The van der Waals surface area contributed by atoms with Gasteiger partial charge >= 0.3 is 0 Å². The number of methoxy groups -OCH3 is 2. The van der Waals surface area contributed by atoms with Gasteiger partial charge in [0.05, 0.1) is 19.9 Å². The van der Waals surface area contributed by atoms with Crippen LogP contribution in [0.15, 0.2) is 42.0 Å². The van der Waals surface area contributed by atoms with Crippen LogP contribution in [0.2, 0.25) is 0 Å². The molecule has 0 bridgehead atoms. The second kappa shape index (κ2) is 6.37. The highest BCUT2D eigenvalue weighted by Crippen LogP contribution is 2.34. The molecule has 26 heavy (non-hydrogen) atoms. The Kier molecular flexibility index (Phi) is 4.03. The Morgan fingerprint density at radius 2 is 1.81 bits per heavy atom. The normalized spacial score (nSPS) is 15.3. The van der Waals surface area contributed by atoms with E-state index in [1.54, 1.807) is 14.2 Å². The first-order valence-electron chi connectivity index (χ1n) is 8.69. The zero-order valence-corrected chi connectivity index (χ0v) is 15.2. The van der Waals surface area contributed by atoms with Gasteiger partial charge in [0.1, 0.15) is 0 Å². The number of carbonyl (C=O) groups excluding carboxylic acids is 1. The molecule has 132 valence electrons. The zero-order chi connectivity index (χ0) is 18.3. The Hall–Kier alpha value is -3.01. The number of allylic oxidation sites excluding steroid dienone is 1. The van der Waals surface area contributed by atoms with E-state index in [0.717, 1.165) is 40.8 Å². The molecule has 0 fully saturated rings. The summed E-state index contributed by atoms with van der Waals surface area (Å²) in [5.74, 6) is 1.42. The molecule has 1 aliphatic rings. The van der Waals surface area contributed by atoms with Gasteiger partial charge in [-0.3, -0.25) is 4.79 Å². The molecular weight excluding hydrogens is 326 g/mol. The molecule has 1 aliphatic carbocycles. The van der Waals surface area contributed by atoms with Crippen molar-refractivity contribution in [3.05, 3.63) is 64.4 Å². The van der Waals surface area contributed by atoms with Crippen LogP contribution in [0.4, 0.5) is 0 Å². The van der Waals surface area contributed by atoms with Gasteiger partial charge in [-0.1, -0.05) is 17.7 Å². The van der Waals surface area contributed by atoms with Crippen molar-refractivity contribution in [3.63, 3.8) is 0 Å². The molecule has 1 heterocycles. The molecule has 0 aliphatic heterocycles. The van der Waals surface area contributed by atoms with Crippen molar-refractivity contribution >= 4 is 22.8 Å². The van der Waals surface area contributed by atoms with Crippen LogP contribution in [0.5, 0.6) is 11.5 Å². The molecule has 1 N–H and O–H groups in total. The smallest absolute Gasteiger partial charge is 0.205 e. The molecule has 0 saturated heterocycles. The number of aromatic nitrogens is 1. The molecule has 2 aromatic carbocycles. The lowest BCUT2D eigenvalue weighted by Gasteiger charge is -2.15. The molecule has 3 aromatic rings. The van der Waals surface area contributed by atoms with E-state index in [0.29, 0.717) is 11.5 Å². The van der Waals surface area contributed by atoms with Crippen LogP contribution in [0, 0.1) is 6.92 Å². The molecule has 0 amide bonds. The van der Waals surface area contributed by atoms with Crippen LogP contribution in [0.1, 0.15) is 33.6 Å². The number of carbonyl (C=O) groups is 1. The minimum atomic E-state index is 0.0786. The SMILES string of the molecule is COc1ccc(/C=C2/CCc3c([nH]c4ccc(C)cc34)C2=O)cc1OC. The van der Waals surface area contributed by atoms with E-state index in [9.17, 15) is 4.79 Å². The second-order valence-electron chi connectivity index (χ2n) is 6.64. The van der Waals surface area contributed by atoms with Gasteiger partial charge in [0.15, 0.2) is 11.5 Å². The summed E-state index contributed by atoms with van der Waals surface area (Å²) in [6.45, 7) is 2.08. The largest absolute Gasteiger partial charge is 0.493 e. The summed E-state index contributed by atoms with van der Waals surface area (Å²) in [4.78, 5) is 16.3. The summed E-state index contributed by atoms with van der Waals surface area (Å²) in [7, 11) is 3.22. The van der Waals surface area contributed by atoms with Crippen molar-refractivity contribution in [3.8, 4) is 11.5 Å². The van der Waals surface area contributed by atoms with E-state index in [2.05, 4.69) is 24.0 Å². The molecule has 0 radical (unpaired) electrons. The van der Waals surface area contributed by atoms with Crippen LogP contribution >= 0.6 is 0 Å². The summed E-state index contributed by atoms with van der Waals surface area (Å²) in [6.07, 6.45) is 3.55. The van der Waals surface area contributed by atoms with Crippen molar-refractivity contribution in [2.75, 3.05) is 14.2 Å². The molecule has 1 aromatic heterocycles. The molecule has 4 heteroatoms. The fourth-order valence-electron chi connectivity index (χ4n) is 3.63. The standard InChI is InChI=1S/C22H21NO3/c1-13-4-8-18-17(10-13)16-7-6-15(22(24)21(16)23-18)11-14-5-9-19(25-2)20(12-14)26-3/h4-5,8-12,23H,6-7H2,1-3H3/b15-11-. The van der Waals surface area contributed by atoms with Crippen LogP contribution < -0.4 is 9.47 Å². The van der Waals surface area contributed by atoms with Gasteiger partial charge < -0.3 is 14.5 Å². The lowest BCUT2D eigenvalue weighted by atomic mass is 9.89. The summed E-state index contributed by atoms with van der Waals surface area (Å²) in [5, 5.41) is 1.17. The van der Waals surface area contributed by atoms with Crippen LogP contribution in [-0.2, 0) is 6.42 Å². The van der Waals surface area contributed by atoms with E-state index in [1.165, 1.54) is 10.9 Å². The van der Waals surface area contributed by atoms with Crippen LogP contribution in [-0.4, -0.2) is 25.0 Å². The maximum Gasteiger partial charge on any atom is 0.205 e. The van der Waals surface area contributed by atoms with Crippen molar-refractivity contribution in [1.29, 1.82) is 0 Å². The Balaban J connectivity index is 1.73. The van der Waals surface area contributed by atoms with E-state index in [4.69, 9.17) is 9.47 Å². The van der Waals surface area contributed by atoms with Crippen molar-refractivity contribution < 1.29 is 14.3 Å². The molecule has 4 nitrogen and oxygen atoms in total. The van der Waals surface area contributed by atoms with E-state index in [1.807, 2.05) is 30.3 Å². The third-order valence-electron chi connectivity index (χ3n) is 4.97. The summed E-state index contributed by atoms with van der Waals surface area (Å²) in [6, 6.07) is 12.0. The van der Waals surface area contributed by atoms with E-state index < -0.39 is 0 Å².